The van der Waals surface area contributed by atoms with Crippen LogP contribution < -0.4 is 0 Å². The van der Waals surface area contributed by atoms with Crippen molar-refractivity contribution in [3.63, 3.8) is 0 Å². The van der Waals surface area contributed by atoms with Gasteiger partial charge >= 0.3 is 0 Å². The maximum atomic E-state index is 10.3. The maximum absolute atomic E-state index is 10.3. The molecular formula is C9H15O. The first-order valence-corrected chi connectivity index (χ1v) is 3.67. The molecule has 0 atom stereocenters. The standard InChI is InChI=1S/C9H15O/c1-7(2)5-9(6-10)8(3)4/h5,7-8H,1-4H3. The molecule has 0 heterocycles. The second-order valence-corrected chi connectivity index (χ2v) is 3.12. The lowest BCUT2D eigenvalue weighted by molar-refractivity contribution is 0.555. The lowest BCUT2D eigenvalue weighted by Crippen LogP contribution is -1.97. The summed E-state index contributed by atoms with van der Waals surface area (Å²) in [6.45, 7) is 8.11. The number of carbonyl (C=O) groups excluding carboxylic acids is 1. The minimum absolute atomic E-state index is 0.305. The third-order valence-corrected chi connectivity index (χ3v) is 1.25. The van der Waals surface area contributed by atoms with Crippen LogP contribution in [0.1, 0.15) is 27.7 Å². The summed E-state index contributed by atoms with van der Waals surface area (Å²) in [6.07, 6.45) is 3.90. The second-order valence-electron chi connectivity index (χ2n) is 3.12. The van der Waals surface area contributed by atoms with Crippen LogP contribution in [0.4, 0.5) is 0 Å². The van der Waals surface area contributed by atoms with E-state index < -0.39 is 0 Å². The SMILES string of the molecule is CC(C)C=C([C]=O)C(C)C. The molecule has 0 saturated heterocycles. The zero-order valence-electron chi connectivity index (χ0n) is 7.14. The Labute approximate surface area is 63.1 Å². The molecule has 10 heavy (non-hydrogen) atoms. The molecule has 0 saturated carbocycles. The van der Waals surface area contributed by atoms with Crippen molar-refractivity contribution < 1.29 is 4.79 Å². The molecule has 0 aliphatic carbocycles. The Kier molecular flexibility index (Phi) is 4.01. The lowest BCUT2D eigenvalue weighted by atomic mass is 10.0. The van der Waals surface area contributed by atoms with E-state index >= 15 is 0 Å². The minimum atomic E-state index is 0.305. The Morgan fingerprint density at radius 1 is 1.30 bits per heavy atom. The zero-order chi connectivity index (χ0) is 8.15. The molecule has 1 nitrogen and oxygen atoms in total. The van der Waals surface area contributed by atoms with Crippen LogP contribution in [0, 0.1) is 11.8 Å². The highest BCUT2D eigenvalue weighted by molar-refractivity contribution is 5.74. The molecule has 0 bridgehead atoms. The fourth-order valence-electron chi connectivity index (χ4n) is 0.703. The van der Waals surface area contributed by atoms with Crippen LogP contribution >= 0.6 is 0 Å². The molecule has 0 spiro atoms. The van der Waals surface area contributed by atoms with Gasteiger partial charge in [-0.3, -0.25) is 4.79 Å². The van der Waals surface area contributed by atoms with Crippen molar-refractivity contribution >= 4 is 6.29 Å². The summed E-state index contributed by atoms with van der Waals surface area (Å²) in [5.74, 6) is 0.749. The van der Waals surface area contributed by atoms with Crippen LogP contribution in [0.15, 0.2) is 11.6 Å². The minimum Gasteiger partial charge on any atom is -0.285 e. The smallest absolute Gasteiger partial charge is 0.229 e. The average molecular weight is 139 g/mol. The van der Waals surface area contributed by atoms with Gasteiger partial charge in [-0.1, -0.05) is 33.8 Å². The van der Waals surface area contributed by atoms with Crippen LogP contribution in [-0.2, 0) is 4.79 Å². The van der Waals surface area contributed by atoms with E-state index in [1.165, 1.54) is 0 Å². The molecule has 0 aromatic carbocycles. The van der Waals surface area contributed by atoms with Crippen LogP contribution in [0.2, 0.25) is 0 Å². The van der Waals surface area contributed by atoms with E-state index in [4.69, 9.17) is 0 Å². The first-order chi connectivity index (χ1) is 4.57. The van der Waals surface area contributed by atoms with E-state index in [9.17, 15) is 4.79 Å². The summed E-state index contributed by atoms with van der Waals surface area (Å²) in [5.41, 5.74) is 0.787. The van der Waals surface area contributed by atoms with Crippen molar-refractivity contribution in [2.45, 2.75) is 27.7 Å². The highest BCUT2D eigenvalue weighted by Crippen LogP contribution is 2.09. The Balaban J connectivity index is 4.18. The molecule has 57 valence electrons. The van der Waals surface area contributed by atoms with E-state index in [2.05, 4.69) is 13.8 Å². The van der Waals surface area contributed by atoms with Gasteiger partial charge in [0, 0.05) is 5.57 Å². The van der Waals surface area contributed by atoms with Gasteiger partial charge in [-0.25, -0.2) is 0 Å². The number of allylic oxidation sites excluding steroid dienone is 2. The maximum Gasteiger partial charge on any atom is 0.229 e. The summed E-state index contributed by atoms with van der Waals surface area (Å²) in [7, 11) is 0. The molecule has 0 N–H and O–H groups in total. The quantitative estimate of drug-likeness (QED) is 0.548. The number of hydrogen-bond donors (Lipinski definition) is 0. The molecule has 0 aromatic heterocycles. The van der Waals surface area contributed by atoms with Crippen LogP contribution in [0.5, 0.6) is 0 Å². The lowest BCUT2D eigenvalue weighted by Gasteiger charge is -2.03. The summed E-state index contributed by atoms with van der Waals surface area (Å²) >= 11 is 0. The van der Waals surface area contributed by atoms with Crippen LogP contribution in [0.3, 0.4) is 0 Å². The molecule has 0 fully saturated rings. The molecule has 1 radical (unpaired) electrons. The Morgan fingerprint density at radius 3 is 1.90 bits per heavy atom. The van der Waals surface area contributed by atoms with E-state index in [0.717, 1.165) is 5.57 Å². The summed E-state index contributed by atoms with van der Waals surface area (Å²) in [6, 6.07) is 0. The monoisotopic (exact) mass is 139 g/mol. The number of hydrogen-bond acceptors (Lipinski definition) is 1. The Hall–Kier alpha value is -0.590. The van der Waals surface area contributed by atoms with Gasteiger partial charge in [-0.05, 0) is 11.8 Å². The second kappa shape index (κ2) is 4.26. The van der Waals surface area contributed by atoms with Crippen molar-refractivity contribution in [2.24, 2.45) is 11.8 Å². The normalized spacial score (nSPS) is 12.8. The largest absolute Gasteiger partial charge is 0.285 e. The molecule has 0 aliphatic heterocycles. The van der Waals surface area contributed by atoms with Crippen LogP contribution in [-0.4, -0.2) is 6.29 Å². The molecule has 0 amide bonds. The van der Waals surface area contributed by atoms with Gasteiger partial charge in [-0.2, -0.15) is 0 Å². The van der Waals surface area contributed by atoms with Crippen molar-refractivity contribution in [3.8, 4) is 0 Å². The van der Waals surface area contributed by atoms with Gasteiger partial charge in [0.2, 0.25) is 6.29 Å². The van der Waals surface area contributed by atoms with Crippen molar-refractivity contribution in [2.75, 3.05) is 0 Å². The average Bonchev–Trinajstić information content (AvgIpc) is 1.81. The Morgan fingerprint density at radius 2 is 1.80 bits per heavy atom. The first kappa shape index (κ1) is 9.41. The topological polar surface area (TPSA) is 17.1 Å². The van der Waals surface area contributed by atoms with E-state index in [1.807, 2.05) is 26.2 Å². The molecule has 0 aromatic rings. The zero-order valence-corrected chi connectivity index (χ0v) is 7.14. The summed E-state index contributed by atoms with van der Waals surface area (Å²) < 4.78 is 0. The highest BCUT2D eigenvalue weighted by Gasteiger charge is 2.02. The van der Waals surface area contributed by atoms with Gasteiger partial charge in [0.05, 0.1) is 0 Å². The predicted molar refractivity (Wildman–Crippen MR) is 43.5 cm³/mol. The number of rotatable bonds is 3. The molecule has 0 unspecified atom stereocenters. The van der Waals surface area contributed by atoms with Crippen molar-refractivity contribution in [3.05, 3.63) is 11.6 Å². The first-order valence-electron chi connectivity index (χ1n) is 3.67. The highest BCUT2D eigenvalue weighted by atomic mass is 16.1. The third kappa shape index (κ3) is 3.44. The third-order valence-electron chi connectivity index (χ3n) is 1.25. The van der Waals surface area contributed by atoms with E-state index in [0.29, 0.717) is 11.8 Å². The van der Waals surface area contributed by atoms with Gasteiger partial charge < -0.3 is 0 Å². The fraction of sp³-hybridized carbons (Fsp3) is 0.667. The van der Waals surface area contributed by atoms with Crippen LogP contribution in [0.25, 0.3) is 0 Å². The molecule has 0 rings (SSSR count). The van der Waals surface area contributed by atoms with Crippen molar-refractivity contribution in [1.82, 2.24) is 0 Å². The molecular weight excluding hydrogens is 124 g/mol. The summed E-state index contributed by atoms with van der Waals surface area (Å²) in [5, 5.41) is 0. The van der Waals surface area contributed by atoms with Gasteiger partial charge in [0.15, 0.2) is 0 Å². The van der Waals surface area contributed by atoms with Gasteiger partial charge in [0.25, 0.3) is 0 Å². The Bertz CT molecular complexity index is 132. The van der Waals surface area contributed by atoms with Gasteiger partial charge in [0.1, 0.15) is 0 Å². The van der Waals surface area contributed by atoms with Gasteiger partial charge in [-0.15, -0.1) is 0 Å². The molecule has 1 heteroatoms. The predicted octanol–water partition coefficient (Wildman–Crippen LogP) is 2.33. The molecule has 0 aliphatic rings. The van der Waals surface area contributed by atoms with Crippen molar-refractivity contribution in [1.29, 1.82) is 0 Å². The summed E-state index contributed by atoms with van der Waals surface area (Å²) in [4.78, 5) is 10.3. The van der Waals surface area contributed by atoms with E-state index in [-0.39, 0.29) is 0 Å². The van der Waals surface area contributed by atoms with E-state index in [1.54, 1.807) is 0 Å². The fourth-order valence-corrected chi connectivity index (χ4v) is 0.703.